The van der Waals surface area contributed by atoms with Crippen LogP contribution in [0.25, 0.3) is 0 Å². The number of hydrogen-bond donors (Lipinski definition) is 1. The van der Waals surface area contributed by atoms with Gasteiger partial charge in [0.15, 0.2) is 5.79 Å². The van der Waals surface area contributed by atoms with Gasteiger partial charge in [-0.25, -0.2) is 0 Å². The van der Waals surface area contributed by atoms with E-state index in [0.29, 0.717) is 13.2 Å². The van der Waals surface area contributed by atoms with E-state index in [1.54, 1.807) is 0 Å². The second kappa shape index (κ2) is 7.90. The monoisotopic (exact) mass is 293 g/mol. The molecule has 1 saturated heterocycles. The Balaban J connectivity index is 1.91. The van der Waals surface area contributed by atoms with Crippen LogP contribution < -0.4 is 0 Å². The lowest BCUT2D eigenvalue weighted by molar-refractivity contribution is -0.163. The Hall–Kier alpha value is -0.940. The van der Waals surface area contributed by atoms with Crippen molar-refractivity contribution in [2.75, 3.05) is 32.8 Å². The number of aliphatic hydroxyl groups excluding tert-OH is 1. The Morgan fingerprint density at radius 1 is 1.29 bits per heavy atom. The summed E-state index contributed by atoms with van der Waals surface area (Å²) in [7, 11) is 0. The van der Waals surface area contributed by atoms with Gasteiger partial charge in [0.05, 0.1) is 19.3 Å². The van der Waals surface area contributed by atoms with Crippen LogP contribution in [0.2, 0.25) is 0 Å². The van der Waals surface area contributed by atoms with Crippen molar-refractivity contribution < 1.29 is 14.6 Å². The van der Waals surface area contributed by atoms with E-state index in [1.807, 2.05) is 37.3 Å². The van der Waals surface area contributed by atoms with Crippen molar-refractivity contribution in [2.24, 2.45) is 0 Å². The van der Waals surface area contributed by atoms with Gasteiger partial charge >= 0.3 is 0 Å². The van der Waals surface area contributed by atoms with Gasteiger partial charge in [-0.05, 0) is 19.9 Å². The van der Waals surface area contributed by atoms with Crippen molar-refractivity contribution in [3.05, 3.63) is 35.9 Å². The Kier molecular flexibility index (Phi) is 6.18. The summed E-state index contributed by atoms with van der Waals surface area (Å²) in [5.41, 5.74) is 1.05. The van der Waals surface area contributed by atoms with Crippen molar-refractivity contribution in [1.29, 1.82) is 0 Å². The van der Waals surface area contributed by atoms with E-state index in [2.05, 4.69) is 11.8 Å². The van der Waals surface area contributed by atoms with Gasteiger partial charge in [0, 0.05) is 18.7 Å². The quantitative estimate of drug-likeness (QED) is 0.799. The van der Waals surface area contributed by atoms with Crippen molar-refractivity contribution >= 4 is 0 Å². The summed E-state index contributed by atoms with van der Waals surface area (Å²) < 4.78 is 12.1. The van der Waals surface area contributed by atoms with Crippen LogP contribution in [0, 0.1) is 0 Å². The molecular weight excluding hydrogens is 266 g/mol. The molecule has 0 amide bonds. The van der Waals surface area contributed by atoms with Gasteiger partial charge < -0.3 is 14.6 Å². The van der Waals surface area contributed by atoms with Crippen LogP contribution in [0.4, 0.5) is 0 Å². The van der Waals surface area contributed by atoms with Gasteiger partial charge in [0.25, 0.3) is 0 Å². The number of benzene rings is 1. The molecule has 0 saturated carbocycles. The van der Waals surface area contributed by atoms with E-state index in [-0.39, 0.29) is 12.7 Å². The zero-order chi connectivity index (χ0) is 15.1. The molecule has 118 valence electrons. The number of ether oxygens (including phenoxy) is 2. The number of unbranched alkanes of at least 4 members (excludes halogenated alkanes) is 1. The fraction of sp³-hybridized carbons (Fsp3) is 0.647. The summed E-state index contributed by atoms with van der Waals surface area (Å²) in [5, 5.41) is 9.18. The molecule has 1 N–H and O–H groups in total. The molecule has 1 aliphatic rings. The molecule has 4 heteroatoms. The topological polar surface area (TPSA) is 41.9 Å². The van der Waals surface area contributed by atoms with Gasteiger partial charge in [0.1, 0.15) is 0 Å². The molecule has 2 rings (SSSR count). The Labute approximate surface area is 127 Å². The lowest BCUT2D eigenvalue weighted by Gasteiger charge is -2.26. The Morgan fingerprint density at radius 3 is 2.71 bits per heavy atom. The normalized spacial score (nSPS) is 25.6. The van der Waals surface area contributed by atoms with E-state index in [0.717, 1.165) is 31.5 Å². The molecule has 0 radical (unpaired) electrons. The number of hydrogen-bond acceptors (Lipinski definition) is 4. The maximum atomic E-state index is 9.18. The highest BCUT2D eigenvalue weighted by Gasteiger charge is 2.39. The van der Waals surface area contributed by atoms with Crippen LogP contribution in [-0.2, 0) is 15.3 Å². The summed E-state index contributed by atoms with van der Waals surface area (Å²) in [4.78, 5) is 2.26. The molecule has 2 unspecified atom stereocenters. The summed E-state index contributed by atoms with van der Waals surface area (Å²) in [6, 6.07) is 10.1. The van der Waals surface area contributed by atoms with E-state index in [1.165, 1.54) is 0 Å². The van der Waals surface area contributed by atoms with Crippen LogP contribution in [0.1, 0.15) is 32.3 Å². The molecule has 0 aromatic heterocycles. The standard InChI is InChI=1S/C17H27NO3/c1-3-4-10-18(11-12-19)13-16-14-20-17(2,21-16)15-8-6-5-7-9-15/h5-9,16,19H,3-4,10-14H2,1-2H3. The van der Waals surface area contributed by atoms with Crippen LogP contribution in [0.3, 0.4) is 0 Å². The minimum atomic E-state index is -0.651. The molecule has 1 heterocycles. The molecule has 21 heavy (non-hydrogen) atoms. The molecule has 0 bridgehead atoms. The molecule has 2 atom stereocenters. The zero-order valence-corrected chi connectivity index (χ0v) is 13.1. The Bertz CT molecular complexity index is 412. The van der Waals surface area contributed by atoms with Crippen LogP contribution in [-0.4, -0.2) is 49.0 Å². The molecule has 1 fully saturated rings. The van der Waals surface area contributed by atoms with Crippen molar-refractivity contribution in [3.63, 3.8) is 0 Å². The van der Waals surface area contributed by atoms with Gasteiger partial charge in [0.2, 0.25) is 0 Å². The van der Waals surface area contributed by atoms with Crippen LogP contribution >= 0.6 is 0 Å². The fourth-order valence-electron chi connectivity index (χ4n) is 2.73. The smallest absolute Gasteiger partial charge is 0.192 e. The van der Waals surface area contributed by atoms with Gasteiger partial charge in [-0.3, -0.25) is 4.90 Å². The number of nitrogens with zero attached hydrogens (tertiary/aromatic N) is 1. The zero-order valence-electron chi connectivity index (χ0n) is 13.1. The minimum Gasteiger partial charge on any atom is -0.395 e. The van der Waals surface area contributed by atoms with Gasteiger partial charge in [-0.1, -0.05) is 43.7 Å². The predicted octanol–water partition coefficient (Wildman–Crippen LogP) is 2.37. The molecule has 1 aromatic rings. The summed E-state index contributed by atoms with van der Waals surface area (Å²) in [5.74, 6) is -0.651. The van der Waals surface area contributed by atoms with E-state index < -0.39 is 5.79 Å². The van der Waals surface area contributed by atoms with E-state index >= 15 is 0 Å². The molecule has 4 nitrogen and oxygen atoms in total. The SMILES string of the molecule is CCCCN(CCO)CC1COC(C)(c2ccccc2)O1. The first-order valence-corrected chi connectivity index (χ1v) is 7.88. The lowest BCUT2D eigenvalue weighted by Crippen LogP contribution is -2.37. The van der Waals surface area contributed by atoms with Crippen molar-refractivity contribution in [2.45, 2.75) is 38.6 Å². The first-order chi connectivity index (χ1) is 10.2. The first-order valence-electron chi connectivity index (χ1n) is 7.88. The largest absolute Gasteiger partial charge is 0.395 e. The summed E-state index contributed by atoms with van der Waals surface area (Å²) in [6.07, 6.45) is 2.36. The molecule has 0 spiro atoms. The molecule has 0 aliphatic carbocycles. The molecule has 1 aromatic carbocycles. The van der Waals surface area contributed by atoms with Crippen LogP contribution in [0.5, 0.6) is 0 Å². The second-order valence-corrected chi connectivity index (χ2v) is 5.74. The summed E-state index contributed by atoms with van der Waals surface area (Å²) >= 11 is 0. The predicted molar refractivity (Wildman–Crippen MR) is 83.1 cm³/mol. The second-order valence-electron chi connectivity index (χ2n) is 5.74. The third-order valence-electron chi connectivity index (χ3n) is 3.94. The first kappa shape index (κ1) is 16.4. The minimum absolute atomic E-state index is 0.0543. The fourth-order valence-corrected chi connectivity index (χ4v) is 2.73. The molecule has 1 aliphatic heterocycles. The highest BCUT2D eigenvalue weighted by Crippen LogP contribution is 2.33. The highest BCUT2D eigenvalue weighted by atomic mass is 16.7. The maximum Gasteiger partial charge on any atom is 0.192 e. The van der Waals surface area contributed by atoms with Gasteiger partial charge in [-0.2, -0.15) is 0 Å². The van der Waals surface area contributed by atoms with E-state index in [9.17, 15) is 5.11 Å². The third kappa shape index (κ3) is 4.51. The van der Waals surface area contributed by atoms with Crippen molar-refractivity contribution in [1.82, 2.24) is 4.90 Å². The average Bonchev–Trinajstić information content (AvgIpc) is 2.88. The maximum absolute atomic E-state index is 9.18. The lowest BCUT2D eigenvalue weighted by atomic mass is 10.1. The Morgan fingerprint density at radius 2 is 2.05 bits per heavy atom. The molecular formula is C17H27NO3. The number of rotatable bonds is 8. The van der Waals surface area contributed by atoms with Gasteiger partial charge in [-0.15, -0.1) is 0 Å². The van der Waals surface area contributed by atoms with Crippen LogP contribution in [0.15, 0.2) is 30.3 Å². The summed E-state index contributed by atoms with van der Waals surface area (Å²) in [6.45, 7) is 7.44. The average molecular weight is 293 g/mol. The van der Waals surface area contributed by atoms with E-state index in [4.69, 9.17) is 9.47 Å². The number of aliphatic hydroxyl groups is 1. The highest BCUT2D eigenvalue weighted by molar-refractivity contribution is 5.20. The van der Waals surface area contributed by atoms with Crippen molar-refractivity contribution in [3.8, 4) is 0 Å². The third-order valence-corrected chi connectivity index (χ3v) is 3.94.